The number of hydrogen-bond donors (Lipinski definition) is 2. The molecule has 1 saturated heterocycles. The van der Waals surface area contributed by atoms with Crippen LogP contribution in [0.3, 0.4) is 0 Å². The maximum atomic E-state index is 12.8. The average molecular weight is 473 g/mol. The van der Waals surface area contributed by atoms with Crippen LogP contribution in [0.4, 0.5) is 11.4 Å². The van der Waals surface area contributed by atoms with Crippen molar-refractivity contribution in [2.75, 3.05) is 36.4 Å². The van der Waals surface area contributed by atoms with Gasteiger partial charge in [-0.25, -0.2) is 0 Å². The highest BCUT2D eigenvalue weighted by molar-refractivity contribution is 7.80. The lowest BCUT2D eigenvalue weighted by Crippen LogP contribution is -2.49. The summed E-state index contributed by atoms with van der Waals surface area (Å²) >= 11 is 11.9. The van der Waals surface area contributed by atoms with E-state index < -0.39 is 0 Å². The minimum Gasteiger partial charge on any atom is -0.365 e. The lowest BCUT2D eigenvalue weighted by Gasteiger charge is -2.37. The van der Waals surface area contributed by atoms with Gasteiger partial charge in [-0.2, -0.15) is 0 Å². The predicted molar refractivity (Wildman–Crippen MR) is 135 cm³/mol. The van der Waals surface area contributed by atoms with Crippen molar-refractivity contribution in [3.05, 3.63) is 58.6 Å². The van der Waals surface area contributed by atoms with Crippen molar-refractivity contribution >= 4 is 52.1 Å². The first-order valence-corrected chi connectivity index (χ1v) is 11.7. The Kier molecular flexibility index (Phi) is 8.47. The molecular weight excluding hydrogens is 444 g/mol. The summed E-state index contributed by atoms with van der Waals surface area (Å²) in [4.78, 5) is 28.8. The Labute approximate surface area is 199 Å². The third kappa shape index (κ3) is 6.20. The highest BCUT2D eigenvalue weighted by Crippen LogP contribution is 2.34. The predicted octanol–water partition coefficient (Wildman–Crippen LogP) is 4.61. The molecule has 32 heavy (non-hydrogen) atoms. The van der Waals surface area contributed by atoms with Gasteiger partial charge in [-0.15, -0.1) is 0 Å². The number of carbonyl (C=O) groups is 2. The molecule has 0 spiro atoms. The molecule has 0 aliphatic carbocycles. The number of thiocarbonyl (C=S) groups is 1. The van der Waals surface area contributed by atoms with Crippen LogP contribution in [0.5, 0.6) is 0 Å². The molecule has 0 radical (unpaired) electrons. The topological polar surface area (TPSA) is 64.7 Å². The molecule has 3 rings (SSSR count). The van der Waals surface area contributed by atoms with E-state index in [1.54, 1.807) is 0 Å². The molecular formula is C24H29ClN4O2S. The van der Waals surface area contributed by atoms with Crippen LogP contribution in [0, 0.1) is 6.92 Å². The van der Waals surface area contributed by atoms with Crippen LogP contribution in [-0.4, -0.2) is 48.0 Å². The van der Waals surface area contributed by atoms with Gasteiger partial charge in [0.2, 0.25) is 5.91 Å². The lowest BCUT2D eigenvalue weighted by molar-refractivity contribution is -0.119. The number of aryl methyl sites for hydroxylation is 1. The molecule has 8 heteroatoms. The summed E-state index contributed by atoms with van der Waals surface area (Å²) in [6, 6.07) is 13.2. The molecule has 0 unspecified atom stereocenters. The molecule has 2 aromatic rings. The Hall–Kier alpha value is -2.64. The third-order valence-electron chi connectivity index (χ3n) is 5.43. The molecule has 1 heterocycles. The number of piperazine rings is 1. The molecule has 2 aromatic carbocycles. The maximum absolute atomic E-state index is 12.8. The van der Waals surface area contributed by atoms with E-state index in [-0.39, 0.29) is 16.9 Å². The average Bonchev–Trinajstić information content (AvgIpc) is 2.78. The number of benzene rings is 2. The number of unbranched alkanes of at least 4 members (excludes halogenated alkanes) is 1. The molecule has 0 bridgehead atoms. The fourth-order valence-electron chi connectivity index (χ4n) is 3.63. The summed E-state index contributed by atoms with van der Waals surface area (Å²) in [6.07, 6.45) is 2.21. The van der Waals surface area contributed by atoms with Crippen molar-refractivity contribution in [2.45, 2.75) is 33.1 Å². The summed E-state index contributed by atoms with van der Waals surface area (Å²) < 4.78 is 0. The van der Waals surface area contributed by atoms with Crippen LogP contribution < -0.4 is 15.5 Å². The summed E-state index contributed by atoms with van der Waals surface area (Å²) in [5.74, 6) is -0.0608. The Morgan fingerprint density at radius 1 is 1.06 bits per heavy atom. The molecule has 0 saturated carbocycles. The van der Waals surface area contributed by atoms with Gasteiger partial charge >= 0.3 is 0 Å². The largest absolute Gasteiger partial charge is 0.365 e. The van der Waals surface area contributed by atoms with Crippen molar-refractivity contribution in [2.24, 2.45) is 0 Å². The number of hydrogen-bond acceptors (Lipinski definition) is 4. The molecule has 1 fully saturated rings. The van der Waals surface area contributed by atoms with Crippen molar-refractivity contribution in [1.82, 2.24) is 10.2 Å². The number of anilines is 2. The highest BCUT2D eigenvalue weighted by Gasteiger charge is 2.25. The standard InChI is InChI=1S/C24H29ClN4O2S/c1-3-4-8-21(30)27-24(32)26-20-7-5-6-19(25)22(20)28-13-15-29(16-14-28)23(31)18-11-9-17(2)10-12-18/h5-7,9-12H,3-4,8,13-16H2,1-2H3,(H2,26,27,30,32). The minimum atomic E-state index is -0.101. The number of halogens is 1. The Morgan fingerprint density at radius 3 is 2.41 bits per heavy atom. The van der Waals surface area contributed by atoms with E-state index in [4.69, 9.17) is 23.8 Å². The second-order valence-electron chi connectivity index (χ2n) is 7.89. The van der Waals surface area contributed by atoms with Gasteiger partial charge in [0.15, 0.2) is 5.11 Å². The maximum Gasteiger partial charge on any atom is 0.253 e. The van der Waals surface area contributed by atoms with Gasteiger partial charge in [0.25, 0.3) is 5.91 Å². The number of nitrogens with one attached hydrogen (secondary N) is 2. The van der Waals surface area contributed by atoms with Crippen LogP contribution in [0.2, 0.25) is 5.02 Å². The first kappa shape index (κ1) is 24.0. The summed E-state index contributed by atoms with van der Waals surface area (Å²) in [5, 5.41) is 6.68. The number of para-hydroxylation sites is 1. The van der Waals surface area contributed by atoms with Gasteiger partial charge in [-0.3, -0.25) is 9.59 Å². The molecule has 1 aliphatic rings. The third-order valence-corrected chi connectivity index (χ3v) is 5.94. The van der Waals surface area contributed by atoms with Crippen LogP contribution in [-0.2, 0) is 4.79 Å². The van der Waals surface area contributed by atoms with Crippen LogP contribution >= 0.6 is 23.8 Å². The van der Waals surface area contributed by atoms with Gasteiger partial charge in [0, 0.05) is 38.2 Å². The lowest BCUT2D eigenvalue weighted by atomic mass is 10.1. The molecule has 6 nitrogen and oxygen atoms in total. The van der Waals surface area contributed by atoms with Crippen molar-refractivity contribution in [3.63, 3.8) is 0 Å². The van der Waals surface area contributed by atoms with Crippen LogP contribution in [0.25, 0.3) is 0 Å². The summed E-state index contributed by atoms with van der Waals surface area (Å²) in [6.45, 7) is 6.52. The van der Waals surface area contributed by atoms with E-state index in [1.807, 2.05) is 61.2 Å². The van der Waals surface area contributed by atoms with Gasteiger partial charge in [0.05, 0.1) is 16.4 Å². The van der Waals surface area contributed by atoms with Crippen LogP contribution in [0.15, 0.2) is 42.5 Å². The SMILES string of the molecule is CCCCC(=O)NC(=S)Nc1cccc(Cl)c1N1CCN(C(=O)c2ccc(C)cc2)CC1. The first-order valence-electron chi connectivity index (χ1n) is 10.9. The normalized spacial score (nSPS) is 13.6. The molecule has 2 N–H and O–H groups in total. The van der Waals surface area contributed by atoms with E-state index in [0.29, 0.717) is 43.2 Å². The van der Waals surface area contributed by atoms with E-state index in [2.05, 4.69) is 15.5 Å². The Bertz CT molecular complexity index is 972. The van der Waals surface area contributed by atoms with E-state index in [1.165, 1.54) is 0 Å². The van der Waals surface area contributed by atoms with E-state index in [0.717, 1.165) is 29.8 Å². The molecule has 0 aromatic heterocycles. The minimum absolute atomic E-state index is 0.0399. The van der Waals surface area contributed by atoms with Crippen molar-refractivity contribution in [3.8, 4) is 0 Å². The summed E-state index contributed by atoms with van der Waals surface area (Å²) in [5.41, 5.74) is 3.39. The molecule has 170 valence electrons. The summed E-state index contributed by atoms with van der Waals surface area (Å²) in [7, 11) is 0. The van der Waals surface area contributed by atoms with E-state index in [9.17, 15) is 9.59 Å². The van der Waals surface area contributed by atoms with Gasteiger partial charge in [-0.05, 0) is 49.8 Å². The van der Waals surface area contributed by atoms with Gasteiger partial charge in [0.1, 0.15) is 0 Å². The van der Waals surface area contributed by atoms with Crippen LogP contribution in [0.1, 0.15) is 42.1 Å². The van der Waals surface area contributed by atoms with Crippen molar-refractivity contribution in [1.29, 1.82) is 0 Å². The molecule has 1 aliphatic heterocycles. The monoisotopic (exact) mass is 472 g/mol. The number of amides is 2. The molecule has 2 amide bonds. The van der Waals surface area contributed by atoms with Gasteiger partial charge in [-0.1, -0.05) is 48.7 Å². The zero-order valence-corrected chi connectivity index (χ0v) is 20.1. The zero-order valence-electron chi connectivity index (χ0n) is 18.5. The fourth-order valence-corrected chi connectivity index (χ4v) is 4.15. The number of rotatable bonds is 6. The smallest absolute Gasteiger partial charge is 0.253 e. The van der Waals surface area contributed by atoms with Crippen molar-refractivity contribution < 1.29 is 9.59 Å². The Balaban J connectivity index is 1.65. The van der Waals surface area contributed by atoms with Gasteiger partial charge < -0.3 is 20.4 Å². The fraction of sp³-hybridized carbons (Fsp3) is 0.375. The first-order chi connectivity index (χ1) is 15.4. The highest BCUT2D eigenvalue weighted by atomic mass is 35.5. The quantitative estimate of drug-likeness (QED) is 0.601. The zero-order chi connectivity index (χ0) is 23.1. The Morgan fingerprint density at radius 2 is 1.75 bits per heavy atom. The number of nitrogens with zero attached hydrogens (tertiary/aromatic N) is 2. The molecule has 0 atom stereocenters. The van der Waals surface area contributed by atoms with E-state index >= 15 is 0 Å². The second-order valence-corrected chi connectivity index (χ2v) is 8.70. The second kappa shape index (κ2) is 11.3. The number of carbonyl (C=O) groups excluding carboxylic acids is 2.